The van der Waals surface area contributed by atoms with Gasteiger partial charge in [0, 0.05) is 0 Å². The second-order valence-corrected chi connectivity index (χ2v) is 6.45. The number of hydrogen-bond acceptors (Lipinski definition) is 0. The van der Waals surface area contributed by atoms with Gasteiger partial charge < -0.3 is 0 Å². The first-order valence-corrected chi connectivity index (χ1v) is 7.89. The Hall–Kier alpha value is -0.0700. The van der Waals surface area contributed by atoms with Crippen LogP contribution < -0.4 is 0 Å². The molecule has 0 heterocycles. The predicted molar refractivity (Wildman–Crippen MR) is 71.8 cm³/mol. The molecule has 2 rings (SSSR count). The molecule has 2 fully saturated rings. The standard InChI is InChI=1S/C16H29F/c1-2-13-3-7-15(8-4-13)16-9-5-14(6-10-16)11-12-17/h13-16H,2-12H2,1H3. The summed E-state index contributed by atoms with van der Waals surface area (Å²) in [6.45, 7) is 2.24. The highest BCUT2D eigenvalue weighted by molar-refractivity contribution is 4.81. The van der Waals surface area contributed by atoms with Crippen molar-refractivity contribution >= 4 is 0 Å². The zero-order chi connectivity index (χ0) is 12.1. The SMILES string of the molecule is CCC1CCC(C2CCC(CCF)CC2)CC1. The second-order valence-electron chi connectivity index (χ2n) is 6.45. The van der Waals surface area contributed by atoms with Crippen LogP contribution in [0.3, 0.4) is 0 Å². The van der Waals surface area contributed by atoms with Crippen LogP contribution in [-0.2, 0) is 0 Å². The van der Waals surface area contributed by atoms with Gasteiger partial charge in [-0.15, -0.1) is 0 Å². The fourth-order valence-corrected chi connectivity index (χ4v) is 4.17. The van der Waals surface area contributed by atoms with E-state index in [9.17, 15) is 4.39 Å². The van der Waals surface area contributed by atoms with E-state index in [2.05, 4.69) is 6.92 Å². The third kappa shape index (κ3) is 3.69. The molecule has 0 aromatic heterocycles. The Kier molecular flexibility index (Phi) is 5.31. The van der Waals surface area contributed by atoms with Gasteiger partial charge in [-0.2, -0.15) is 0 Å². The Morgan fingerprint density at radius 1 is 0.765 bits per heavy atom. The first-order chi connectivity index (χ1) is 8.33. The van der Waals surface area contributed by atoms with Crippen LogP contribution >= 0.6 is 0 Å². The fourth-order valence-electron chi connectivity index (χ4n) is 4.17. The van der Waals surface area contributed by atoms with Crippen LogP contribution in [0, 0.1) is 23.7 Å². The summed E-state index contributed by atoms with van der Waals surface area (Å²) < 4.78 is 12.3. The minimum atomic E-state index is -0.100. The molecular formula is C16H29F. The first-order valence-electron chi connectivity index (χ1n) is 7.89. The van der Waals surface area contributed by atoms with Crippen LogP contribution in [0.15, 0.2) is 0 Å². The highest BCUT2D eigenvalue weighted by Gasteiger charge is 2.30. The highest BCUT2D eigenvalue weighted by Crippen LogP contribution is 2.42. The molecule has 0 amide bonds. The van der Waals surface area contributed by atoms with Gasteiger partial charge in [-0.05, 0) is 55.8 Å². The summed E-state index contributed by atoms with van der Waals surface area (Å²) in [6, 6.07) is 0. The number of halogens is 1. The van der Waals surface area contributed by atoms with E-state index in [1.807, 2.05) is 0 Å². The minimum Gasteiger partial charge on any atom is -0.251 e. The van der Waals surface area contributed by atoms with Crippen molar-refractivity contribution in [3.8, 4) is 0 Å². The van der Waals surface area contributed by atoms with Gasteiger partial charge in [-0.25, -0.2) is 0 Å². The monoisotopic (exact) mass is 240 g/mol. The van der Waals surface area contributed by atoms with E-state index >= 15 is 0 Å². The predicted octanol–water partition coefficient (Wildman–Crippen LogP) is 5.37. The average molecular weight is 240 g/mol. The maximum Gasteiger partial charge on any atom is 0.0897 e. The van der Waals surface area contributed by atoms with Crippen LogP contribution in [0.2, 0.25) is 0 Å². The molecule has 0 aromatic rings. The van der Waals surface area contributed by atoms with Crippen molar-refractivity contribution in [2.75, 3.05) is 6.67 Å². The van der Waals surface area contributed by atoms with Crippen LogP contribution in [-0.4, -0.2) is 6.67 Å². The lowest BCUT2D eigenvalue weighted by Crippen LogP contribution is -2.25. The summed E-state index contributed by atoms with van der Waals surface area (Å²) in [4.78, 5) is 0. The summed E-state index contributed by atoms with van der Waals surface area (Å²) in [5, 5.41) is 0. The van der Waals surface area contributed by atoms with Gasteiger partial charge in [0.05, 0.1) is 6.67 Å². The topological polar surface area (TPSA) is 0 Å². The normalized spacial score (nSPS) is 39.2. The van der Waals surface area contributed by atoms with Crippen molar-refractivity contribution in [1.29, 1.82) is 0 Å². The van der Waals surface area contributed by atoms with Gasteiger partial charge in [0.15, 0.2) is 0 Å². The van der Waals surface area contributed by atoms with Gasteiger partial charge >= 0.3 is 0 Å². The molecule has 17 heavy (non-hydrogen) atoms. The molecule has 2 aliphatic rings. The summed E-state index contributed by atoms with van der Waals surface area (Å²) in [5.41, 5.74) is 0. The van der Waals surface area contributed by atoms with Crippen LogP contribution in [0.5, 0.6) is 0 Å². The molecular weight excluding hydrogens is 211 g/mol. The number of alkyl halides is 1. The van der Waals surface area contributed by atoms with Crippen LogP contribution in [0.4, 0.5) is 4.39 Å². The van der Waals surface area contributed by atoms with E-state index in [4.69, 9.17) is 0 Å². The van der Waals surface area contributed by atoms with Crippen molar-refractivity contribution in [3.05, 3.63) is 0 Å². The van der Waals surface area contributed by atoms with E-state index in [0.29, 0.717) is 5.92 Å². The van der Waals surface area contributed by atoms with Gasteiger partial charge in [0.2, 0.25) is 0 Å². The van der Waals surface area contributed by atoms with Crippen molar-refractivity contribution in [2.24, 2.45) is 23.7 Å². The van der Waals surface area contributed by atoms with E-state index in [0.717, 1.165) is 24.2 Å². The Morgan fingerprint density at radius 2 is 1.24 bits per heavy atom. The van der Waals surface area contributed by atoms with Crippen molar-refractivity contribution in [3.63, 3.8) is 0 Å². The van der Waals surface area contributed by atoms with Crippen LogP contribution in [0.1, 0.15) is 71.1 Å². The third-order valence-corrected chi connectivity index (χ3v) is 5.54. The molecule has 100 valence electrons. The minimum absolute atomic E-state index is 0.100. The quantitative estimate of drug-likeness (QED) is 0.620. The molecule has 0 spiro atoms. The highest BCUT2D eigenvalue weighted by atomic mass is 19.1. The molecule has 0 saturated heterocycles. The van der Waals surface area contributed by atoms with E-state index in [1.54, 1.807) is 0 Å². The van der Waals surface area contributed by atoms with Gasteiger partial charge in [0.25, 0.3) is 0 Å². The van der Waals surface area contributed by atoms with E-state index < -0.39 is 0 Å². The molecule has 0 N–H and O–H groups in total. The van der Waals surface area contributed by atoms with Gasteiger partial charge in [-0.3, -0.25) is 4.39 Å². The lowest BCUT2D eigenvalue weighted by Gasteiger charge is -2.37. The third-order valence-electron chi connectivity index (χ3n) is 5.54. The Bertz CT molecular complexity index is 198. The Labute approximate surface area is 106 Å². The maximum absolute atomic E-state index is 12.3. The average Bonchev–Trinajstić information content (AvgIpc) is 2.40. The molecule has 0 aliphatic heterocycles. The maximum atomic E-state index is 12.3. The molecule has 0 radical (unpaired) electrons. The molecule has 0 atom stereocenters. The largest absolute Gasteiger partial charge is 0.251 e. The summed E-state index contributed by atoms with van der Waals surface area (Å²) in [6.07, 6.45) is 13.5. The molecule has 2 aliphatic carbocycles. The summed E-state index contributed by atoms with van der Waals surface area (Å²) in [5.74, 6) is 3.74. The van der Waals surface area contributed by atoms with Gasteiger partial charge in [-0.1, -0.05) is 39.0 Å². The molecule has 0 nitrogen and oxygen atoms in total. The fraction of sp³-hybridized carbons (Fsp3) is 1.00. The summed E-state index contributed by atoms with van der Waals surface area (Å²) in [7, 11) is 0. The molecule has 0 bridgehead atoms. The second kappa shape index (κ2) is 6.75. The molecule has 0 unspecified atom stereocenters. The number of rotatable bonds is 4. The van der Waals surface area contributed by atoms with Crippen molar-refractivity contribution < 1.29 is 4.39 Å². The zero-order valence-corrected chi connectivity index (χ0v) is 11.5. The summed E-state index contributed by atoms with van der Waals surface area (Å²) >= 11 is 0. The molecule has 0 aromatic carbocycles. The van der Waals surface area contributed by atoms with Crippen LogP contribution in [0.25, 0.3) is 0 Å². The molecule has 2 saturated carbocycles. The van der Waals surface area contributed by atoms with Gasteiger partial charge in [0.1, 0.15) is 0 Å². The lowest BCUT2D eigenvalue weighted by molar-refractivity contribution is 0.140. The van der Waals surface area contributed by atoms with Crippen molar-refractivity contribution in [1.82, 2.24) is 0 Å². The zero-order valence-electron chi connectivity index (χ0n) is 11.5. The van der Waals surface area contributed by atoms with E-state index in [-0.39, 0.29) is 6.67 Å². The Morgan fingerprint density at radius 3 is 1.65 bits per heavy atom. The smallest absolute Gasteiger partial charge is 0.0897 e. The Balaban J connectivity index is 1.70. The number of hydrogen-bond donors (Lipinski definition) is 0. The molecule has 1 heteroatoms. The lowest BCUT2D eigenvalue weighted by atomic mass is 9.68. The van der Waals surface area contributed by atoms with Crippen molar-refractivity contribution in [2.45, 2.75) is 71.1 Å². The van der Waals surface area contributed by atoms with E-state index in [1.165, 1.54) is 57.8 Å². The first kappa shape index (κ1) is 13.4.